The van der Waals surface area contributed by atoms with Crippen LogP contribution < -0.4 is 10.6 Å². The summed E-state index contributed by atoms with van der Waals surface area (Å²) in [6.07, 6.45) is 1.47. The number of nitro benzene ring substituents is 1. The lowest BCUT2D eigenvalue weighted by atomic mass is 10.2. The van der Waals surface area contributed by atoms with Gasteiger partial charge in [0.25, 0.3) is 5.69 Å². The van der Waals surface area contributed by atoms with Gasteiger partial charge in [-0.05, 0) is 18.2 Å². The maximum absolute atomic E-state index is 11.3. The van der Waals surface area contributed by atoms with Crippen LogP contribution in [0.25, 0.3) is 0 Å². The third kappa shape index (κ3) is 4.34. The number of hydrogen-bond acceptors (Lipinski definition) is 6. The van der Waals surface area contributed by atoms with Gasteiger partial charge < -0.3 is 0 Å². The molecule has 2 aromatic rings. The minimum atomic E-state index is -4.02. The van der Waals surface area contributed by atoms with Crippen LogP contribution in [0.2, 0.25) is 0 Å². The summed E-state index contributed by atoms with van der Waals surface area (Å²) >= 11 is 3.34. The molecule has 3 N–H and O–H groups in total. The third-order valence-electron chi connectivity index (χ3n) is 2.79. The number of nitro groups is 1. The van der Waals surface area contributed by atoms with Crippen molar-refractivity contribution >= 4 is 43.5 Å². The zero-order chi connectivity index (χ0) is 17.0. The Morgan fingerprint density at radius 1 is 1.26 bits per heavy atom. The molecule has 0 saturated heterocycles. The number of hydrogen-bond donors (Lipinski definition) is 2. The van der Waals surface area contributed by atoms with Gasteiger partial charge in [-0.1, -0.05) is 34.1 Å². The van der Waals surface area contributed by atoms with Crippen LogP contribution in [0.15, 0.2) is 56.9 Å². The fraction of sp³-hybridized carbons (Fsp3) is 0. The summed E-state index contributed by atoms with van der Waals surface area (Å²) in [6.45, 7) is 0. The van der Waals surface area contributed by atoms with Gasteiger partial charge >= 0.3 is 0 Å². The number of nitrogens with one attached hydrogen (secondary N) is 1. The smallest absolute Gasteiger partial charge is 0.272 e. The summed E-state index contributed by atoms with van der Waals surface area (Å²) in [4.78, 5) is 10.00. The van der Waals surface area contributed by atoms with E-state index < -0.39 is 20.6 Å². The molecular formula is C13H11BrN4O4S. The summed E-state index contributed by atoms with van der Waals surface area (Å²) in [7, 11) is -4.02. The summed E-state index contributed by atoms with van der Waals surface area (Å²) in [6, 6.07) is 10.6. The zero-order valence-electron chi connectivity index (χ0n) is 11.5. The molecule has 0 amide bonds. The van der Waals surface area contributed by atoms with E-state index in [0.717, 1.165) is 16.1 Å². The largest absolute Gasteiger partial charge is 0.295 e. The molecule has 0 heterocycles. The van der Waals surface area contributed by atoms with Crippen molar-refractivity contribution < 1.29 is 13.3 Å². The molecule has 2 rings (SSSR count). The highest BCUT2D eigenvalue weighted by Gasteiger charge is 2.18. The van der Waals surface area contributed by atoms with Crippen molar-refractivity contribution in [1.29, 1.82) is 0 Å². The Morgan fingerprint density at radius 2 is 1.96 bits per heavy atom. The second-order valence-electron chi connectivity index (χ2n) is 4.37. The van der Waals surface area contributed by atoms with Gasteiger partial charge in [0, 0.05) is 16.1 Å². The Morgan fingerprint density at radius 3 is 2.57 bits per heavy atom. The van der Waals surface area contributed by atoms with Gasteiger partial charge in [0.1, 0.15) is 5.69 Å². The molecule has 0 saturated carbocycles. The number of primary sulfonamides is 1. The Kier molecular flexibility index (Phi) is 5.08. The van der Waals surface area contributed by atoms with Crippen LogP contribution in [0, 0.1) is 10.1 Å². The molecule has 8 nitrogen and oxygen atoms in total. The van der Waals surface area contributed by atoms with E-state index in [-0.39, 0.29) is 10.6 Å². The number of sulfonamides is 1. The van der Waals surface area contributed by atoms with E-state index in [9.17, 15) is 18.5 Å². The third-order valence-corrected chi connectivity index (χ3v) is 4.42. The molecule has 0 aromatic heterocycles. The number of hydrazone groups is 1. The van der Waals surface area contributed by atoms with Crippen molar-refractivity contribution in [1.82, 2.24) is 0 Å². The number of rotatable bonds is 5. The SMILES string of the molecule is NS(=O)(=O)c1ccc(N/N=C\c2ccccc2Br)c([N+](=O)[O-])c1. The van der Waals surface area contributed by atoms with Gasteiger partial charge in [-0.2, -0.15) is 5.10 Å². The number of halogens is 1. The topological polar surface area (TPSA) is 128 Å². The lowest BCUT2D eigenvalue weighted by Gasteiger charge is -2.04. The highest BCUT2D eigenvalue weighted by atomic mass is 79.9. The van der Waals surface area contributed by atoms with Crippen molar-refractivity contribution in [2.45, 2.75) is 4.90 Å². The molecule has 0 spiro atoms. The number of anilines is 1. The highest BCUT2D eigenvalue weighted by molar-refractivity contribution is 9.10. The monoisotopic (exact) mass is 398 g/mol. The van der Waals surface area contributed by atoms with Gasteiger partial charge in [-0.15, -0.1) is 0 Å². The lowest BCUT2D eigenvalue weighted by molar-refractivity contribution is -0.384. The minimum Gasteiger partial charge on any atom is -0.272 e. The summed E-state index contributed by atoms with van der Waals surface area (Å²) in [5, 5.41) is 19.9. The Balaban J connectivity index is 2.30. The first-order chi connectivity index (χ1) is 10.8. The summed E-state index contributed by atoms with van der Waals surface area (Å²) < 4.78 is 23.3. The average molecular weight is 399 g/mol. The van der Waals surface area contributed by atoms with Crippen molar-refractivity contribution in [2.24, 2.45) is 10.2 Å². The molecule has 0 bridgehead atoms. The predicted octanol–water partition coefficient (Wildman–Crippen LogP) is 2.45. The molecule has 0 radical (unpaired) electrons. The summed E-state index contributed by atoms with van der Waals surface area (Å²) in [5.74, 6) is 0. The molecule has 23 heavy (non-hydrogen) atoms. The van der Waals surface area contributed by atoms with Crippen molar-refractivity contribution in [3.05, 3.63) is 62.6 Å². The van der Waals surface area contributed by atoms with Gasteiger partial charge in [0.05, 0.1) is 16.0 Å². The molecule has 0 aliphatic heterocycles. The molecule has 0 aliphatic rings. The van der Waals surface area contributed by atoms with Crippen LogP contribution in [0.1, 0.15) is 5.56 Å². The van der Waals surface area contributed by atoms with Crippen molar-refractivity contribution in [3.63, 3.8) is 0 Å². The Labute approximate surface area is 140 Å². The van der Waals surface area contributed by atoms with E-state index in [4.69, 9.17) is 5.14 Å². The van der Waals surface area contributed by atoms with Gasteiger partial charge in [0.15, 0.2) is 0 Å². The highest BCUT2D eigenvalue weighted by Crippen LogP contribution is 2.27. The maximum atomic E-state index is 11.3. The van der Waals surface area contributed by atoms with E-state index >= 15 is 0 Å². The number of nitrogens with two attached hydrogens (primary N) is 1. The zero-order valence-corrected chi connectivity index (χ0v) is 13.9. The van der Waals surface area contributed by atoms with Crippen LogP contribution in [-0.4, -0.2) is 19.6 Å². The molecule has 0 aliphatic carbocycles. The van der Waals surface area contributed by atoms with Crippen LogP contribution in [0.3, 0.4) is 0 Å². The fourth-order valence-electron chi connectivity index (χ4n) is 1.69. The molecule has 0 atom stereocenters. The minimum absolute atomic E-state index is 0.0469. The van der Waals surface area contributed by atoms with E-state index in [1.165, 1.54) is 18.3 Å². The van der Waals surface area contributed by atoms with Crippen molar-refractivity contribution in [2.75, 3.05) is 5.43 Å². The Hall–Kier alpha value is -2.30. The normalized spacial score (nSPS) is 11.6. The summed E-state index contributed by atoms with van der Waals surface area (Å²) in [5.41, 5.74) is 2.89. The van der Waals surface area contributed by atoms with Crippen LogP contribution >= 0.6 is 15.9 Å². The van der Waals surface area contributed by atoms with Crippen molar-refractivity contribution in [3.8, 4) is 0 Å². The fourth-order valence-corrected chi connectivity index (χ4v) is 2.61. The quantitative estimate of drug-likeness (QED) is 0.454. The van der Waals surface area contributed by atoms with Crippen LogP contribution in [0.5, 0.6) is 0 Å². The number of nitrogens with zero attached hydrogens (tertiary/aromatic N) is 2. The molecule has 0 fully saturated rings. The first kappa shape index (κ1) is 17.1. The van der Waals surface area contributed by atoms with E-state index in [2.05, 4.69) is 26.5 Å². The van der Waals surface area contributed by atoms with E-state index in [0.29, 0.717) is 0 Å². The van der Waals surface area contributed by atoms with Gasteiger partial charge in [0.2, 0.25) is 10.0 Å². The van der Waals surface area contributed by atoms with E-state index in [1.807, 2.05) is 18.2 Å². The second-order valence-corrected chi connectivity index (χ2v) is 6.79. The second kappa shape index (κ2) is 6.86. The van der Waals surface area contributed by atoms with Crippen LogP contribution in [-0.2, 0) is 10.0 Å². The average Bonchev–Trinajstić information content (AvgIpc) is 2.48. The lowest BCUT2D eigenvalue weighted by Crippen LogP contribution is -2.12. The number of benzene rings is 2. The van der Waals surface area contributed by atoms with Gasteiger partial charge in [-0.25, -0.2) is 13.6 Å². The Bertz CT molecular complexity index is 883. The van der Waals surface area contributed by atoms with Crippen LogP contribution in [0.4, 0.5) is 11.4 Å². The standard InChI is InChI=1S/C13H11BrN4O4S/c14-11-4-2-1-3-9(11)8-16-17-12-6-5-10(23(15,21)22)7-13(12)18(19)20/h1-8,17H,(H2,15,21,22)/b16-8-. The first-order valence-electron chi connectivity index (χ1n) is 6.14. The maximum Gasteiger partial charge on any atom is 0.295 e. The van der Waals surface area contributed by atoms with Gasteiger partial charge in [-0.3, -0.25) is 15.5 Å². The first-order valence-corrected chi connectivity index (χ1v) is 8.48. The molecule has 2 aromatic carbocycles. The molecule has 120 valence electrons. The molecule has 10 heteroatoms. The predicted molar refractivity (Wildman–Crippen MR) is 89.8 cm³/mol. The molecular weight excluding hydrogens is 388 g/mol. The van der Waals surface area contributed by atoms with E-state index in [1.54, 1.807) is 6.07 Å². The molecule has 0 unspecified atom stereocenters.